The summed E-state index contributed by atoms with van der Waals surface area (Å²) in [6, 6.07) is 3.34. The number of halogens is 1. The monoisotopic (exact) mass is 245 g/mol. The van der Waals surface area contributed by atoms with Crippen molar-refractivity contribution in [3.05, 3.63) is 29.6 Å². The lowest BCUT2D eigenvalue weighted by atomic mass is 10.1. The Morgan fingerprint density at radius 1 is 1.56 bits per heavy atom. The smallest absolute Gasteiger partial charge is 0.232 e. The molecule has 0 saturated carbocycles. The average molecular weight is 245 g/mol. The molecule has 1 aromatic rings. The van der Waals surface area contributed by atoms with Crippen molar-refractivity contribution in [3.63, 3.8) is 0 Å². The highest BCUT2D eigenvalue weighted by molar-refractivity contribution is 7.92. The third kappa shape index (κ3) is 2.93. The Morgan fingerprint density at radius 3 is 2.69 bits per heavy atom. The topological polar surface area (TPSA) is 96.0 Å². The quantitative estimate of drug-likeness (QED) is 0.542. The molecular formula is C9H12FN3O2S. The zero-order chi connectivity index (χ0) is 12.3. The van der Waals surface area contributed by atoms with Crippen LogP contribution in [0.15, 0.2) is 18.2 Å². The number of hydrogen-bond donors (Lipinski definition) is 3. The third-order valence-corrected chi connectivity index (χ3v) is 3.21. The van der Waals surface area contributed by atoms with Crippen LogP contribution in [0.3, 0.4) is 0 Å². The van der Waals surface area contributed by atoms with E-state index in [2.05, 4.69) is 4.72 Å². The van der Waals surface area contributed by atoms with E-state index in [1.165, 1.54) is 13.0 Å². The maximum Gasteiger partial charge on any atom is 0.232 e. The fourth-order valence-electron chi connectivity index (χ4n) is 1.07. The molecule has 0 aliphatic heterocycles. The zero-order valence-corrected chi connectivity index (χ0v) is 9.44. The maximum atomic E-state index is 12.9. The number of nitrogens with one attached hydrogen (secondary N) is 2. The Hall–Kier alpha value is -1.63. The zero-order valence-electron chi connectivity index (χ0n) is 8.62. The van der Waals surface area contributed by atoms with Crippen LogP contribution in [-0.2, 0) is 10.0 Å². The lowest BCUT2D eigenvalue weighted by molar-refractivity contribution is 0.602. The fraction of sp³-hybridized carbons (Fsp3) is 0.222. The molecule has 0 heterocycles. The number of sulfonamides is 1. The molecule has 0 saturated heterocycles. The molecule has 0 aromatic heterocycles. The van der Waals surface area contributed by atoms with Crippen LogP contribution in [0.25, 0.3) is 0 Å². The molecule has 0 atom stereocenters. The van der Waals surface area contributed by atoms with E-state index in [1.54, 1.807) is 0 Å². The van der Waals surface area contributed by atoms with Crippen LogP contribution in [0.4, 0.5) is 10.1 Å². The third-order valence-electron chi connectivity index (χ3n) is 1.92. The summed E-state index contributed by atoms with van der Waals surface area (Å²) in [7, 11) is -3.47. The second kappa shape index (κ2) is 4.48. The van der Waals surface area contributed by atoms with E-state index in [0.29, 0.717) is 0 Å². The number of nitrogen functional groups attached to an aromatic ring is 1. The van der Waals surface area contributed by atoms with Gasteiger partial charge in [0.15, 0.2) is 0 Å². The van der Waals surface area contributed by atoms with Gasteiger partial charge in [0.1, 0.15) is 11.7 Å². The van der Waals surface area contributed by atoms with E-state index in [9.17, 15) is 12.8 Å². The normalized spacial score (nSPS) is 11.1. The average Bonchev–Trinajstić information content (AvgIpc) is 2.20. The van der Waals surface area contributed by atoms with E-state index < -0.39 is 21.7 Å². The van der Waals surface area contributed by atoms with Gasteiger partial charge in [0.05, 0.1) is 11.4 Å². The second-order valence-electron chi connectivity index (χ2n) is 3.11. The van der Waals surface area contributed by atoms with Crippen LogP contribution < -0.4 is 10.5 Å². The number of anilines is 1. The van der Waals surface area contributed by atoms with Gasteiger partial charge in [-0.15, -0.1) is 0 Å². The van der Waals surface area contributed by atoms with Crippen LogP contribution >= 0.6 is 0 Å². The van der Waals surface area contributed by atoms with Gasteiger partial charge in [-0.25, -0.2) is 12.8 Å². The molecule has 0 bridgehead atoms. The lowest BCUT2D eigenvalue weighted by Crippen LogP contribution is -2.19. The number of nitrogens with two attached hydrogens (primary N) is 1. The van der Waals surface area contributed by atoms with Crippen molar-refractivity contribution >= 4 is 21.5 Å². The van der Waals surface area contributed by atoms with Crippen LogP contribution in [0, 0.1) is 11.2 Å². The summed E-state index contributed by atoms with van der Waals surface area (Å²) in [6.45, 7) is 1.47. The van der Waals surface area contributed by atoms with E-state index in [1.807, 2.05) is 0 Å². The molecule has 0 aliphatic carbocycles. The van der Waals surface area contributed by atoms with Gasteiger partial charge in [-0.3, -0.25) is 10.1 Å². The van der Waals surface area contributed by atoms with Gasteiger partial charge in [0.25, 0.3) is 0 Å². The Labute approximate surface area is 93.0 Å². The number of rotatable bonds is 4. The summed E-state index contributed by atoms with van der Waals surface area (Å²) in [4.78, 5) is 0. The second-order valence-corrected chi connectivity index (χ2v) is 5.12. The Kier molecular flexibility index (Phi) is 3.48. The van der Waals surface area contributed by atoms with Crippen molar-refractivity contribution < 1.29 is 12.8 Å². The summed E-state index contributed by atoms with van der Waals surface area (Å²) < 4.78 is 37.7. The van der Waals surface area contributed by atoms with E-state index in [4.69, 9.17) is 11.1 Å². The first-order valence-corrected chi connectivity index (χ1v) is 6.15. The predicted molar refractivity (Wildman–Crippen MR) is 60.5 cm³/mol. The van der Waals surface area contributed by atoms with Crippen LogP contribution in [-0.4, -0.2) is 20.0 Å². The molecule has 7 heteroatoms. The van der Waals surface area contributed by atoms with Crippen molar-refractivity contribution in [2.45, 2.75) is 6.92 Å². The highest BCUT2D eigenvalue weighted by Crippen LogP contribution is 2.17. The van der Waals surface area contributed by atoms with Gasteiger partial charge in [-0.05, 0) is 25.1 Å². The highest BCUT2D eigenvalue weighted by Gasteiger charge is 2.12. The summed E-state index contributed by atoms with van der Waals surface area (Å²) >= 11 is 0. The molecule has 0 fully saturated rings. The van der Waals surface area contributed by atoms with Crippen molar-refractivity contribution in [2.24, 2.45) is 5.73 Å². The van der Waals surface area contributed by atoms with Crippen LogP contribution in [0.2, 0.25) is 0 Å². The SMILES string of the molecule is CCS(=O)(=O)Nc1ccc(F)cc1C(=N)N. The number of hydrogen-bond acceptors (Lipinski definition) is 3. The molecule has 0 unspecified atom stereocenters. The molecule has 4 N–H and O–H groups in total. The minimum absolute atomic E-state index is 0.0250. The van der Waals surface area contributed by atoms with E-state index in [0.717, 1.165) is 12.1 Å². The Morgan fingerprint density at radius 2 is 2.19 bits per heavy atom. The molecule has 5 nitrogen and oxygen atoms in total. The molecule has 1 aromatic carbocycles. The Bertz CT molecular complexity index is 513. The molecule has 0 amide bonds. The standard InChI is InChI=1S/C9H12FN3O2S/c1-2-16(14,15)13-8-4-3-6(10)5-7(8)9(11)12/h3-5,13H,2H2,1H3,(H3,11,12). The minimum atomic E-state index is -3.47. The molecule has 0 radical (unpaired) electrons. The molecule has 88 valence electrons. The molecule has 0 spiro atoms. The lowest BCUT2D eigenvalue weighted by Gasteiger charge is -2.10. The first kappa shape index (κ1) is 12.4. The summed E-state index contributed by atoms with van der Waals surface area (Å²) in [5.74, 6) is -1.08. The van der Waals surface area contributed by atoms with Gasteiger partial charge >= 0.3 is 0 Å². The van der Waals surface area contributed by atoms with E-state index >= 15 is 0 Å². The van der Waals surface area contributed by atoms with Crippen molar-refractivity contribution in [2.75, 3.05) is 10.5 Å². The fourth-order valence-corrected chi connectivity index (χ4v) is 1.73. The van der Waals surface area contributed by atoms with Crippen molar-refractivity contribution in [3.8, 4) is 0 Å². The first-order chi connectivity index (χ1) is 7.35. The van der Waals surface area contributed by atoms with Crippen LogP contribution in [0.1, 0.15) is 12.5 Å². The Balaban J connectivity index is 3.19. The maximum absolute atomic E-state index is 12.9. The van der Waals surface area contributed by atoms with Gasteiger partial charge in [-0.2, -0.15) is 0 Å². The predicted octanol–water partition coefficient (Wildman–Crippen LogP) is 0.871. The van der Waals surface area contributed by atoms with Crippen molar-refractivity contribution in [1.82, 2.24) is 0 Å². The summed E-state index contributed by atoms with van der Waals surface area (Å²) in [5, 5.41) is 7.21. The number of amidine groups is 1. The minimum Gasteiger partial charge on any atom is -0.384 e. The molecule has 16 heavy (non-hydrogen) atoms. The molecular weight excluding hydrogens is 233 g/mol. The summed E-state index contributed by atoms with van der Waals surface area (Å²) in [5.41, 5.74) is 5.36. The van der Waals surface area contributed by atoms with Gasteiger partial charge < -0.3 is 5.73 Å². The van der Waals surface area contributed by atoms with Gasteiger partial charge in [0, 0.05) is 5.56 Å². The largest absolute Gasteiger partial charge is 0.384 e. The summed E-state index contributed by atoms with van der Waals surface area (Å²) in [6.07, 6.45) is 0. The highest BCUT2D eigenvalue weighted by atomic mass is 32.2. The van der Waals surface area contributed by atoms with Crippen LogP contribution in [0.5, 0.6) is 0 Å². The van der Waals surface area contributed by atoms with E-state index in [-0.39, 0.29) is 17.0 Å². The van der Waals surface area contributed by atoms with Gasteiger partial charge in [0.2, 0.25) is 10.0 Å². The molecule has 1 rings (SSSR count). The van der Waals surface area contributed by atoms with Crippen molar-refractivity contribution in [1.29, 1.82) is 5.41 Å². The number of benzene rings is 1. The first-order valence-electron chi connectivity index (χ1n) is 4.50. The van der Waals surface area contributed by atoms with Gasteiger partial charge in [-0.1, -0.05) is 0 Å². The molecule has 0 aliphatic rings.